The number of fused-ring (bicyclic) bond motifs is 2. The number of carbonyl (C=O) groups is 3. The number of para-hydroxylation sites is 1. The molecule has 2 fully saturated rings. The maximum atomic E-state index is 13.2. The molecule has 170 valence electrons. The number of aliphatic hydroxyl groups excluding tert-OH is 1. The number of hydrogen-bond donors (Lipinski definition) is 4. The molecule has 1 aromatic heterocycles. The van der Waals surface area contributed by atoms with Crippen molar-refractivity contribution in [1.82, 2.24) is 20.5 Å². The molecule has 8 heteroatoms. The van der Waals surface area contributed by atoms with Crippen LogP contribution in [0.4, 0.5) is 0 Å². The standard InChI is InChI=1S/C25H26N4O4/c30-22(15-6-2-1-3-7-15)24(32)27-17-10-11-29-21(13-17)23(31)28-20(25(29)33)12-16-14-26-19-9-5-4-8-18(16)19/h1-9,14,17,20-22,26,30H,10-13H2,(H,27,32)(H,28,31). The first-order valence-corrected chi connectivity index (χ1v) is 11.2. The first-order valence-electron chi connectivity index (χ1n) is 11.2. The summed E-state index contributed by atoms with van der Waals surface area (Å²) < 4.78 is 0. The zero-order valence-corrected chi connectivity index (χ0v) is 18.0. The Balaban J connectivity index is 1.23. The third kappa shape index (κ3) is 4.09. The summed E-state index contributed by atoms with van der Waals surface area (Å²) in [5.74, 6) is -0.805. The first-order chi connectivity index (χ1) is 16.0. The molecular formula is C25H26N4O4. The van der Waals surface area contributed by atoms with Gasteiger partial charge in [0.05, 0.1) is 0 Å². The second kappa shape index (κ2) is 8.71. The predicted octanol–water partition coefficient (Wildman–Crippen LogP) is 1.42. The summed E-state index contributed by atoms with van der Waals surface area (Å²) in [7, 11) is 0. The molecule has 0 spiro atoms. The van der Waals surface area contributed by atoms with Crippen molar-refractivity contribution in [2.75, 3.05) is 6.54 Å². The Bertz CT molecular complexity index is 1190. The molecule has 5 rings (SSSR count). The summed E-state index contributed by atoms with van der Waals surface area (Å²) in [6.45, 7) is 0.383. The smallest absolute Gasteiger partial charge is 0.253 e. The average molecular weight is 447 g/mol. The molecule has 2 aliphatic rings. The van der Waals surface area contributed by atoms with Gasteiger partial charge in [-0.1, -0.05) is 48.5 Å². The molecule has 4 N–H and O–H groups in total. The van der Waals surface area contributed by atoms with E-state index in [0.29, 0.717) is 31.4 Å². The Kier molecular flexibility index (Phi) is 5.60. The lowest BCUT2D eigenvalue weighted by Gasteiger charge is -2.44. The number of hydrogen-bond acceptors (Lipinski definition) is 4. The van der Waals surface area contributed by atoms with Crippen LogP contribution in [-0.2, 0) is 20.8 Å². The van der Waals surface area contributed by atoms with E-state index >= 15 is 0 Å². The minimum Gasteiger partial charge on any atom is -0.378 e. The summed E-state index contributed by atoms with van der Waals surface area (Å²) in [4.78, 5) is 43.4. The average Bonchev–Trinajstić information content (AvgIpc) is 3.25. The number of rotatable bonds is 5. The normalized spacial score (nSPS) is 23.7. The number of H-pyrrole nitrogens is 1. The second-order valence-corrected chi connectivity index (χ2v) is 8.72. The summed E-state index contributed by atoms with van der Waals surface area (Å²) in [5, 5.41) is 17.1. The molecule has 3 aromatic rings. The largest absolute Gasteiger partial charge is 0.378 e. The fraction of sp³-hybridized carbons (Fsp3) is 0.320. The molecule has 0 aliphatic carbocycles. The SMILES string of the molecule is O=C(NC1CCN2C(=O)C(Cc3c[nH]c4ccccc34)NC(=O)C2C1)C(O)c1ccccc1. The molecule has 8 nitrogen and oxygen atoms in total. The van der Waals surface area contributed by atoms with Gasteiger partial charge < -0.3 is 25.6 Å². The van der Waals surface area contributed by atoms with Gasteiger partial charge in [0.25, 0.3) is 5.91 Å². The van der Waals surface area contributed by atoms with Gasteiger partial charge in [0.1, 0.15) is 12.1 Å². The van der Waals surface area contributed by atoms with E-state index < -0.39 is 24.1 Å². The Morgan fingerprint density at radius 1 is 1.12 bits per heavy atom. The molecule has 33 heavy (non-hydrogen) atoms. The minimum atomic E-state index is -1.27. The fourth-order valence-corrected chi connectivity index (χ4v) is 4.86. The van der Waals surface area contributed by atoms with Crippen LogP contribution in [0.3, 0.4) is 0 Å². The number of aromatic nitrogens is 1. The topological polar surface area (TPSA) is 115 Å². The number of aliphatic hydroxyl groups is 1. The van der Waals surface area contributed by atoms with Gasteiger partial charge in [-0.05, 0) is 30.0 Å². The number of carbonyl (C=O) groups excluding carboxylic acids is 3. The molecule has 0 radical (unpaired) electrons. The highest BCUT2D eigenvalue weighted by molar-refractivity contribution is 5.98. The van der Waals surface area contributed by atoms with Crippen molar-refractivity contribution >= 4 is 28.6 Å². The number of nitrogens with zero attached hydrogens (tertiary/aromatic N) is 1. The number of aromatic amines is 1. The van der Waals surface area contributed by atoms with Gasteiger partial charge in [0, 0.05) is 36.1 Å². The Morgan fingerprint density at radius 2 is 1.88 bits per heavy atom. The van der Waals surface area contributed by atoms with Gasteiger partial charge in [-0.25, -0.2) is 0 Å². The molecule has 4 atom stereocenters. The van der Waals surface area contributed by atoms with E-state index in [4.69, 9.17) is 0 Å². The molecule has 3 heterocycles. The minimum absolute atomic E-state index is 0.0982. The summed E-state index contributed by atoms with van der Waals surface area (Å²) in [6, 6.07) is 15.1. The molecule has 4 unspecified atom stereocenters. The Labute approximate surface area is 191 Å². The maximum absolute atomic E-state index is 13.2. The highest BCUT2D eigenvalue weighted by atomic mass is 16.3. The maximum Gasteiger partial charge on any atom is 0.253 e. The highest BCUT2D eigenvalue weighted by Gasteiger charge is 2.44. The zero-order valence-electron chi connectivity index (χ0n) is 18.0. The summed E-state index contributed by atoms with van der Waals surface area (Å²) >= 11 is 0. The van der Waals surface area contributed by atoms with E-state index in [9.17, 15) is 19.5 Å². The van der Waals surface area contributed by atoms with E-state index in [0.717, 1.165) is 16.5 Å². The van der Waals surface area contributed by atoms with Gasteiger partial charge in [-0.2, -0.15) is 0 Å². The van der Waals surface area contributed by atoms with Crippen LogP contribution < -0.4 is 10.6 Å². The molecule has 2 aliphatic heterocycles. The van der Waals surface area contributed by atoms with Gasteiger partial charge >= 0.3 is 0 Å². The van der Waals surface area contributed by atoms with Crippen molar-refractivity contribution in [3.63, 3.8) is 0 Å². The lowest BCUT2D eigenvalue weighted by atomic mass is 9.91. The van der Waals surface area contributed by atoms with E-state index in [1.807, 2.05) is 36.5 Å². The first kappa shape index (κ1) is 21.2. The molecule has 2 aromatic carbocycles. The summed E-state index contributed by atoms with van der Waals surface area (Å²) in [5.41, 5.74) is 2.49. The van der Waals surface area contributed by atoms with Crippen molar-refractivity contribution in [1.29, 1.82) is 0 Å². The van der Waals surface area contributed by atoms with Crippen LogP contribution in [0.25, 0.3) is 10.9 Å². The number of piperazine rings is 1. The van der Waals surface area contributed by atoms with Crippen LogP contribution in [0.5, 0.6) is 0 Å². The third-order valence-corrected chi connectivity index (χ3v) is 6.61. The van der Waals surface area contributed by atoms with Crippen LogP contribution in [0.2, 0.25) is 0 Å². The second-order valence-electron chi connectivity index (χ2n) is 8.72. The molecule has 2 saturated heterocycles. The van der Waals surface area contributed by atoms with Crippen molar-refractivity contribution < 1.29 is 19.5 Å². The summed E-state index contributed by atoms with van der Waals surface area (Å²) in [6.07, 6.45) is 1.89. The van der Waals surface area contributed by atoms with E-state index in [1.165, 1.54) is 0 Å². The molecular weight excluding hydrogens is 420 g/mol. The predicted molar refractivity (Wildman–Crippen MR) is 122 cm³/mol. The van der Waals surface area contributed by atoms with Crippen molar-refractivity contribution in [3.05, 3.63) is 71.9 Å². The van der Waals surface area contributed by atoms with E-state index in [1.54, 1.807) is 29.2 Å². The monoisotopic (exact) mass is 446 g/mol. The lowest BCUT2D eigenvalue weighted by molar-refractivity contribution is -0.152. The highest BCUT2D eigenvalue weighted by Crippen LogP contribution is 2.26. The molecule has 0 bridgehead atoms. The van der Waals surface area contributed by atoms with Crippen molar-refractivity contribution in [3.8, 4) is 0 Å². The van der Waals surface area contributed by atoms with Gasteiger partial charge in [0.2, 0.25) is 11.8 Å². The zero-order chi connectivity index (χ0) is 22.9. The third-order valence-electron chi connectivity index (χ3n) is 6.61. The molecule has 0 saturated carbocycles. The van der Waals surface area contributed by atoms with Gasteiger partial charge in [-0.3, -0.25) is 14.4 Å². The van der Waals surface area contributed by atoms with Gasteiger partial charge in [-0.15, -0.1) is 0 Å². The number of nitrogens with one attached hydrogen (secondary N) is 3. The number of piperidine rings is 1. The van der Waals surface area contributed by atoms with Crippen LogP contribution in [0.15, 0.2) is 60.8 Å². The Hall–Kier alpha value is -3.65. The quantitative estimate of drug-likeness (QED) is 0.475. The van der Waals surface area contributed by atoms with Crippen LogP contribution in [-0.4, -0.2) is 57.4 Å². The van der Waals surface area contributed by atoms with E-state index in [2.05, 4.69) is 15.6 Å². The lowest BCUT2D eigenvalue weighted by Crippen LogP contribution is -2.67. The van der Waals surface area contributed by atoms with Crippen LogP contribution in [0, 0.1) is 0 Å². The van der Waals surface area contributed by atoms with Crippen LogP contribution in [0.1, 0.15) is 30.1 Å². The number of amides is 3. The van der Waals surface area contributed by atoms with Crippen molar-refractivity contribution in [2.45, 2.75) is 43.5 Å². The van der Waals surface area contributed by atoms with Crippen LogP contribution >= 0.6 is 0 Å². The Morgan fingerprint density at radius 3 is 2.70 bits per heavy atom. The molecule has 3 amide bonds. The number of benzene rings is 2. The van der Waals surface area contributed by atoms with E-state index in [-0.39, 0.29) is 17.9 Å². The fourth-order valence-electron chi connectivity index (χ4n) is 4.86. The van der Waals surface area contributed by atoms with Gasteiger partial charge in [0.15, 0.2) is 6.10 Å². The van der Waals surface area contributed by atoms with Crippen molar-refractivity contribution in [2.24, 2.45) is 0 Å².